The first-order valence-corrected chi connectivity index (χ1v) is 4.37. The van der Waals surface area contributed by atoms with Crippen molar-refractivity contribution in [3.63, 3.8) is 0 Å². The number of aromatic carboxylic acids is 2. The predicted octanol–water partition coefficient (Wildman–Crippen LogP) is -2.11. The summed E-state index contributed by atoms with van der Waals surface area (Å²) in [6.45, 7) is 0. The summed E-state index contributed by atoms with van der Waals surface area (Å²) in [4.78, 5) is 21.6. The van der Waals surface area contributed by atoms with Crippen LogP contribution < -0.4 is 10.5 Å². The zero-order valence-electron chi connectivity index (χ0n) is 8.58. The Kier molecular flexibility index (Phi) is 3.93. The molecule has 18 heavy (non-hydrogen) atoms. The number of carbonyl (C=O) groups is 2. The van der Waals surface area contributed by atoms with Crippen LogP contribution in [0.5, 0.6) is 0 Å². The number of carboxylic acid groups (broad SMARTS) is 2. The van der Waals surface area contributed by atoms with Gasteiger partial charge in [0.2, 0.25) is 0 Å². The molecule has 1 rings (SSSR count). The molecule has 0 radical (unpaired) electrons. The van der Waals surface area contributed by atoms with Crippen LogP contribution in [0.3, 0.4) is 0 Å². The van der Waals surface area contributed by atoms with Crippen LogP contribution in [0.15, 0.2) is 12.1 Å². The van der Waals surface area contributed by atoms with Crippen molar-refractivity contribution in [1.29, 1.82) is 0 Å². The Morgan fingerprint density at radius 3 is 1.44 bits per heavy atom. The molecule has 1 aromatic carbocycles. The fraction of sp³-hybridized carbons (Fsp3) is 0. The van der Waals surface area contributed by atoms with Crippen LogP contribution in [-0.2, 0) is 0 Å². The number of carboxylic acids is 2. The molecule has 0 saturated heterocycles. The summed E-state index contributed by atoms with van der Waals surface area (Å²) in [6, 6.07) is 1.02. The van der Waals surface area contributed by atoms with Gasteiger partial charge in [0.15, 0.2) is 11.4 Å². The molecule has 10 nitrogen and oxygen atoms in total. The number of benzene rings is 1. The highest BCUT2D eigenvalue weighted by molar-refractivity contribution is 5.99. The highest BCUT2D eigenvalue weighted by Gasteiger charge is 2.25. The molecule has 0 fully saturated rings. The third-order valence-corrected chi connectivity index (χ3v) is 2.08. The van der Waals surface area contributed by atoms with Gasteiger partial charge in [-0.25, -0.2) is 20.0 Å². The normalized spacial score (nSPS) is 14.0. The van der Waals surface area contributed by atoms with Gasteiger partial charge in [0.25, 0.3) is 0 Å². The van der Waals surface area contributed by atoms with E-state index in [0.29, 0.717) is 12.1 Å². The maximum absolute atomic E-state index is 10.8. The zero-order chi connectivity index (χ0) is 14.0. The largest absolute Gasteiger partial charge is 0.595 e. The summed E-state index contributed by atoms with van der Waals surface area (Å²) in [5.74, 6) is -3.32. The molecule has 6 N–H and O–H groups in total. The molecular formula is C8H8N2O8. The van der Waals surface area contributed by atoms with E-state index in [2.05, 4.69) is 0 Å². The standard InChI is InChI=1S/C8H8N2O8/c11-7(12)3-1-4(8(13)14)6(10(17)18)2-5(3)9(15)16/h1-2,9-10,15,17H,(H,11,12)(H,13,14). The van der Waals surface area contributed by atoms with Crippen LogP contribution in [0.25, 0.3) is 0 Å². The predicted molar refractivity (Wildman–Crippen MR) is 51.9 cm³/mol. The highest BCUT2D eigenvalue weighted by atomic mass is 16.8. The first-order chi connectivity index (χ1) is 8.25. The monoisotopic (exact) mass is 260 g/mol. The van der Waals surface area contributed by atoms with E-state index in [1.165, 1.54) is 0 Å². The van der Waals surface area contributed by atoms with E-state index >= 15 is 0 Å². The molecule has 0 heterocycles. The maximum Gasteiger partial charge on any atom is 0.341 e. The summed E-state index contributed by atoms with van der Waals surface area (Å²) < 4.78 is 0. The van der Waals surface area contributed by atoms with Crippen molar-refractivity contribution >= 4 is 23.3 Å². The fourth-order valence-corrected chi connectivity index (χ4v) is 1.31. The lowest BCUT2D eigenvalue weighted by Crippen LogP contribution is -3.01. The first-order valence-electron chi connectivity index (χ1n) is 4.37. The second kappa shape index (κ2) is 5.05. The topological polar surface area (TPSA) is 170 Å². The van der Waals surface area contributed by atoms with Crippen molar-refractivity contribution in [2.45, 2.75) is 0 Å². The van der Waals surface area contributed by atoms with Crippen LogP contribution in [0.4, 0.5) is 11.4 Å². The molecule has 0 saturated carbocycles. The second-order valence-corrected chi connectivity index (χ2v) is 3.16. The van der Waals surface area contributed by atoms with E-state index in [-0.39, 0.29) is 0 Å². The Hall–Kier alpha value is -2.08. The summed E-state index contributed by atoms with van der Waals surface area (Å²) >= 11 is 0. The molecule has 10 heteroatoms. The summed E-state index contributed by atoms with van der Waals surface area (Å²) in [5, 5.41) is 53.2. The van der Waals surface area contributed by atoms with Gasteiger partial charge >= 0.3 is 11.9 Å². The van der Waals surface area contributed by atoms with E-state index in [1.807, 2.05) is 0 Å². The van der Waals surface area contributed by atoms with Crippen molar-refractivity contribution in [1.82, 2.24) is 0 Å². The Bertz CT molecular complexity index is 457. The number of nitrogens with one attached hydrogen (secondary N) is 2. The number of quaternary nitrogens is 2. The smallest absolute Gasteiger partial charge is 0.341 e. The lowest BCUT2D eigenvalue weighted by Gasteiger charge is -2.18. The van der Waals surface area contributed by atoms with Crippen molar-refractivity contribution in [3.05, 3.63) is 33.7 Å². The van der Waals surface area contributed by atoms with E-state index in [9.17, 15) is 20.0 Å². The van der Waals surface area contributed by atoms with E-state index in [4.69, 9.17) is 20.6 Å². The molecular weight excluding hydrogens is 252 g/mol. The van der Waals surface area contributed by atoms with Crippen molar-refractivity contribution in [2.75, 3.05) is 0 Å². The first kappa shape index (κ1) is 14.0. The fourth-order valence-electron chi connectivity index (χ4n) is 1.31. The molecule has 98 valence electrons. The number of hydrogen-bond donors (Lipinski definition) is 6. The van der Waals surface area contributed by atoms with E-state index in [0.717, 1.165) is 0 Å². The van der Waals surface area contributed by atoms with Crippen LogP contribution >= 0.6 is 0 Å². The molecule has 2 unspecified atom stereocenters. The minimum atomic E-state index is -1.66. The van der Waals surface area contributed by atoms with Crippen LogP contribution in [-0.4, -0.2) is 32.6 Å². The molecule has 0 aliphatic carbocycles. The minimum absolute atomic E-state index is 0.511. The van der Waals surface area contributed by atoms with E-state index in [1.54, 1.807) is 0 Å². The number of hydrogen-bond acceptors (Lipinski definition) is 6. The molecule has 0 spiro atoms. The third-order valence-electron chi connectivity index (χ3n) is 2.08. The molecule has 0 amide bonds. The minimum Gasteiger partial charge on any atom is -0.595 e. The quantitative estimate of drug-likeness (QED) is 0.334. The molecule has 0 aromatic heterocycles. The average molecular weight is 260 g/mol. The Morgan fingerprint density at radius 1 is 0.889 bits per heavy atom. The van der Waals surface area contributed by atoms with Gasteiger partial charge in [-0.3, -0.25) is 0 Å². The van der Waals surface area contributed by atoms with Gasteiger partial charge in [-0.2, -0.15) is 10.5 Å². The summed E-state index contributed by atoms with van der Waals surface area (Å²) in [5.41, 5.74) is -3.15. The van der Waals surface area contributed by atoms with Gasteiger partial charge in [-0.1, -0.05) is 0 Å². The van der Waals surface area contributed by atoms with Crippen molar-refractivity contribution in [2.24, 2.45) is 0 Å². The molecule has 0 bridgehead atoms. The lowest BCUT2D eigenvalue weighted by atomic mass is 10.1. The molecule has 0 aliphatic rings. The van der Waals surface area contributed by atoms with Gasteiger partial charge in [0, 0.05) is 0 Å². The summed E-state index contributed by atoms with van der Waals surface area (Å²) in [6.07, 6.45) is 0. The third kappa shape index (κ3) is 2.60. The summed E-state index contributed by atoms with van der Waals surface area (Å²) in [7, 11) is 0. The molecule has 2 atom stereocenters. The van der Waals surface area contributed by atoms with Gasteiger partial charge < -0.3 is 20.6 Å². The molecule has 1 aromatic rings. The van der Waals surface area contributed by atoms with E-state index < -0.39 is 44.9 Å². The van der Waals surface area contributed by atoms with Gasteiger partial charge in [-0.15, -0.1) is 0 Å². The van der Waals surface area contributed by atoms with Crippen LogP contribution in [0.2, 0.25) is 0 Å². The Balaban J connectivity index is 3.60. The van der Waals surface area contributed by atoms with Crippen LogP contribution in [0.1, 0.15) is 20.7 Å². The highest BCUT2D eigenvalue weighted by Crippen LogP contribution is 2.20. The lowest BCUT2D eigenvalue weighted by molar-refractivity contribution is -0.996. The van der Waals surface area contributed by atoms with Gasteiger partial charge in [0.1, 0.15) is 11.1 Å². The number of rotatable bonds is 4. The SMILES string of the molecule is O=C(O)c1cc(C(=O)O)c([NH+]([O-])O)cc1[NH+]([O-])O. The van der Waals surface area contributed by atoms with Gasteiger partial charge in [0.05, 0.1) is 6.07 Å². The second-order valence-electron chi connectivity index (χ2n) is 3.16. The maximum atomic E-state index is 10.8. The molecule has 0 aliphatic heterocycles. The Morgan fingerprint density at radius 2 is 1.22 bits per heavy atom. The van der Waals surface area contributed by atoms with Crippen molar-refractivity contribution in [3.8, 4) is 0 Å². The van der Waals surface area contributed by atoms with Gasteiger partial charge in [-0.05, 0) is 6.07 Å². The van der Waals surface area contributed by atoms with Crippen molar-refractivity contribution < 1.29 is 40.7 Å². The average Bonchev–Trinajstić information content (AvgIpc) is 2.26. The van der Waals surface area contributed by atoms with Crippen LogP contribution in [0, 0.1) is 10.4 Å². The Labute approximate surface area is 98.6 Å². The zero-order valence-corrected chi connectivity index (χ0v) is 8.58.